The fourth-order valence-corrected chi connectivity index (χ4v) is 1.97. The molecule has 0 spiro atoms. The van der Waals surface area contributed by atoms with Crippen molar-refractivity contribution in [2.24, 2.45) is 0 Å². The van der Waals surface area contributed by atoms with Crippen LogP contribution in [-0.4, -0.2) is 28.3 Å². The van der Waals surface area contributed by atoms with Gasteiger partial charge in [-0.3, -0.25) is 4.79 Å². The summed E-state index contributed by atoms with van der Waals surface area (Å²) in [4.78, 5) is 11.2. The Kier molecular flexibility index (Phi) is 5.04. The van der Waals surface area contributed by atoms with E-state index in [1.54, 1.807) is 24.3 Å². The van der Waals surface area contributed by atoms with E-state index in [0.29, 0.717) is 11.1 Å². The third-order valence-electron chi connectivity index (χ3n) is 3.11. The maximum Gasteiger partial charge on any atom is 0.243 e. The fraction of sp³-hybridized carbons (Fsp3) is 0.0556. The molecule has 4 N–H and O–H groups in total. The van der Waals surface area contributed by atoms with Gasteiger partial charge in [-0.05, 0) is 41.5 Å². The van der Waals surface area contributed by atoms with Gasteiger partial charge in [0.05, 0.1) is 0 Å². The summed E-state index contributed by atoms with van der Waals surface area (Å²) in [5, 5.41) is 31.1. The summed E-state index contributed by atoms with van der Waals surface area (Å²) < 4.78 is 0. The molecule has 2 rings (SSSR count). The number of hydrogen-bond donors (Lipinski definition) is 4. The van der Waals surface area contributed by atoms with Gasteiger partial charge in [0.25, 0.3) is 0 Å². The lowest BCUT2D eigenvalue weighted by Crippen LogP contribution is -2.13. The molecular weight excluding hydrogens is 294 g/mol. The SMILES string of the molecule is CNC(=O)/C=C/c1cc(/C=C/c2cc(O)cc(O)c2)ccc1O. The largest absolute Gasteiger partial charge is 0.508 e. The van der Waals surface area contributed by atoms with E-state index in [1.807, 2.05) is 0 Å². The van der Waals surface area contributed by atoms with Crippen molar-refractivity contribution in [1.29, 1.82) is 0 Å². The number of phenols is 3. The average Bonchev–Trinajstić information content (AvgIpc) is 2.51. The monoisotopic (exact) mass is 311 g/mol. The summed E-state index contributed by atoms with van der Waals surface area (Å²) in [5.41, 5.74) is 1.94. The molecule has 2 aromatic rings. The Labute approximate surface area is 133 Å². The number of benzene rings is 2. The van der Waals surface area contributed by atoms with Crippen molar-refractivity contribution in [1.82, 2.24) is 5.32 Å². The Hall–Kier alpha value is -3.21. The molecule has 0 unspecified atom stereocenters. The van der Waals surface area contributed by atoms with Crippen LogP contribution in [0.2, 0.25) is 0 Å². The summed E-state index contributed by atoms with van der Waals surface area (Å²) in [5.74, 6) is -0.244. The van der Waals surface area contributed by atoms with Gasteiger partial charge in [-0.15, -0.1) is 0 Å². The number of hydrogen-bond acceptors (Lipinski definition) is 4. The van der Waals surface area contributed by atoms with Gasteiger partial charge in [-0.1, -0.05) is 18.2 Å². The molecule has 5 heteroatoms. The van der Waals surface area contributed by atoms with Crippen molar-refractivity contribution in [3.63, 3.8) is 0 Å². The first-order chi connectivity index (χ1) is 11.0. The van der Waals surface area contributed by atoms with Gasteiger partial charge in [0.2, 0.25) is 5.91 Å². The van der Waals surface area contributed by atoms with E-state index < -0.39 is 0 Å². The highest BCUT2D eigenvalue weighted by molar-refractivity contribution is 5.92. The van der Waals surface area contributed by atoms with Crippen LogP contribution in [0.15, 0.2) is 42.5 Å². The van der Waals surface area contributed by atoms with Crippen LogP contribution in [0.4, 0.5) is 0 Å². The molecule has 0 radical (unpaired) electrons. The number of likely N-dealkylation sites (N-methyl/N-ethyl adjacent to an activating group) is 1. The normalized spacial score (nSPS) is 11.2. The molecule has 118 valence electrons. The Morgan fingerprint density at radius 2 is 1.57 bits per heavy atom. The lowest BCUT2D eigenvalue weighted by molar-refractivity contribution is -0.115. The maximum atomic E-state index is 11.2. The number of phenolic OH excluding ortho intramolecular Hbond substituents is 3. The van der Waals surface area contributed by atoms with Gasteiger partial charge in [-0.2, -0.15) is 0 Å². The van der Waals surface area contributed by atoms with Gasteiger partial charge in [0.1, 0.15) is 17.2 Å². The highest BCUT2D eigenvalue weighted by Gasteiger charge is 2.00. The molecule has 1 amide bonds. The van der Waals surface area contributed by atoms with E-state index in [4.69, 9.17) is 0 Å². The van der Waals surface area contributed by atoms with Gasteiger partial charge in [-0.25, -0.2) is 0 Å². The first-order valence-electron chi connectivity index (χ1n) is 6.92. The van der Waals surface area contributed by atoms with E-state index in [1.165, 1.54) is 43.5 Å². The standard InChI is InChI=1S/C18H17NO4/c1-19-18(23)7-5-14-8-12(4-6-17(14)22)2-3-13-9-15(20)11-16(21)10-13/h2-11,20-22H,1H3,(H,19,23)/b3-2+,7-5+. The minimum atomic E-state index is -0.263. The second-order valence-electron chi connectivity index (χ2n) is 4.88. The number of rotatable bonds is 4. The highest BCUT2D eigenvalue weighted by atomic mass is 16.3. The fourth-order valence-electron chi connectivity index (χ4n) is 1.97. The predicted octanol–water partition coefficient (Wildman–Crippen LogP) is 2.73. The summed E-state index contributed by atoms with van der Waals surface area (Å²) in [6.07, 6.45) is 6.34. The van der Waals surface area contributed by atoms with E-state index >= 15 is 0 Å². The van der Waals surface area contributed by atoms with Gasteiger partial charge in [0, 0.05) is 24.8 Å². The Morgan fingerprint density at radius 3 is 2.22 bits per heavy atom. The lowest BCUT2D eigenvalue weighted by Gasteiger charge is -2.02. The Morgan fingerprint density at radius 1 is 0.913 bits per heavy atom. The summed E-state index contributed by atoms with van der Waals surface area (Å²) in [6.45, 7) is 0. The van der Waals surface area contributed by atoms with Crippen molar-refractivity contribution in [3.05, 3.63) is 59.2 Å². The van der Waals surface area contributed by atoms with Crippen LogP contribution in [-0.2, 0) is 4.79 Å². The third kappa shape index (κ3) is 4.64. The van der Waals surface area contributed by atoms with Crippen molar-refractivity contribution < 1.29 is 20.1 Å². The molecule has 0 aliphatic carbocycles. The van der Waals surface area contributed by atoms with Crippen molar-refractivity contribution in [3.8, 4) is 17.2 Å². The van der Waals surface area contributed by atoms with Crippen LogP contribution in [0.1, 0.15) is 16.7 Å². The first-order valence-corrected chi connectivity index (χ1v) is 6.92. The molecule has 0 saturated heterocycles. The van der Waals surface area contributed by atoms with E-state index in [-0.39, 0.29) is 23.2 Å². The Bertz CT molecular complexity index is 758. The zero-order valence-electron chi connectivity index (χ0n) is 12.5. The molecular formula is C18H17NO4. The molecule has 0 aliphatic heterocycles. The van der Waals surface area contributed by atoms with Crippen LogP contribution in [0, 0.1) is 0 Å². The molecule has 0 fully saturated rings. The highest BCUT2D eigenvalue weighted by Crippen LogP contribution is 2.24. The second kappa shape index (κ2) is 7.17. The summed E-state index contributed by atoms with van der Waals surface area (Å²) in [6, 6.07) is 9.24. The van der Waals surface area contributed by atoms with Crippen LogP contribution in [0.5, 0.6) is 17.2 Å². The topological polar surface area (TPSA) is 89.8 Å². The lowest BCUT2D eigenvalue weighted by atomic mass is 10.1. The number of aromatic hydroxyl groups is 3. The van der Waals surface area contributed by atoms with Gasteiger partial charge in [0.15, 0.2) is 0 Å². The molecule has 0 bridgehead atoms. The van der Waals surface area contributed by atoms with Crippen LogP contribution < -0.4 is 5.32 Å². The molecule has 5 nitrogen and oxygen atoms in total. The van der Waals surface area contributed by atoms with E-state index in [2.05, 4.69) is 5.32 Å². The number of carbonyl (C=O) groups is 1. The average molecular weight is 311 g/mol. The Balaban J connectivity index is 2.25. The molecule has 0 saturated carbocycles. The number of carbonyl (C=O) groups excluding carboxylic acids is 1. The molecule has 0 aromatic heterocycles. The number of nitrogens with one attached hydrogen (secondary N) is 1. The smallest absolute Gasteiger partial charge is 0.243 e. The van der Waals surface area contributed by atoms with Gasteiger partial charge < -0.3 is 20.6 Å². The van der Waals surface area contributed by atoms with Crippen molar-refractivity contribution >= 4 is 24.1 Å². The minimum Gasteiger partial charge on any atom is -0.508 e. The quantitative estimate of drug-likeness (QED) is 0.516. The van der Waals surface area contributed by atoms with Crippen molar-refractivity contribution in [2.75, 3.05) is 7.05 Å². The molecule has 0 atom stereocenters. The zero-order chi connectivity index (χ0) is 16.8. The van der Waals surface area contributed by atoms with E-state index in [9.17, 15) is 20.1 Å². The summed E-state index contributed by atoms with van der Waals surface area (Å²) >= 11 is 0. The van der Waals surface area contributed by atoms with E-state index in [0.717, 1.165) is 5.56 Å². The number of amides is 1. The second-order valence-corrected chi connectivity index (χ2v) is 4.88. The third-order valence-corrected chi connectivity index (χ3v) is 3.11. The van der Waals surface area contributed by atoms with Crippen LogP contribution >= 0.6 is 0 Å². The molecule has 2 aromatic carbocycles. The molecule has 23 heavy (non-hydrogen) atoms. The van der Waals surface area contributed by atoms with Crippen LogP contribution in [0.25, 0.3) is 18.2 Å². The van der Waals surface area contributed by atoms with Crippen molar-refractivity contribution in [2.45, 2.75) is 0 Å². The zero-order valence-corrected chi connectivity index (χ0v) is 12.5. The minimum absolute atomic E-state index is 0.0236. The first kappa shape index (κ1) is 16.2. The molecule has 0 aliphatic rings. The maximum absolute atomic E-state index is 11.2. The van der Waals surface area contributed by atoms with Gasteiger partial charge >= 0.3 is 0 Å². The van der Waals surface area contributed by atoms with Crippen LogP contribution in [0.3, 0.4) is 0 Å². The molecule has 0 heterocycles. The predicted molar refractivity (Wildman–Crippen MR) is 89.9 cm³/mol. The summed E-state index contributed by atoms with van der Waals surface area (Å²) in [7, 11) is 1.52.